The van der Waals surface area contributed by atoms with E-state index in [9.17, 15) is 14.4 Å². The molecule has 0 amide bonds. The van der Waals surface area contributed by atoms with Crippen molar-refractivity contribution in [3.63, 3.8) is 0 Å². The van der Waals surface area contributed by atoms with Crippen LogP contribution in [-0.4, -0.2) is 32.1 Å². The third-order valence-corrected chi connectivity index (χ3v) is 3.44. The molecule has 0 atom stereocenters. The largest absolute Gasteiger partial charge is 0.465 e. The Labute approximate surface area is 145 Å². The topological polar surface area (TPSA) is 78.9 Å². The van der Waals surface area contributed by atoms with E-state index in [1.54, 1.807) is 0 Å². The summed E-state index contributed by atoms with van der Waals surface area (Å²) in [5.41, 5.74) is 1.20. The predicted octanol–water partition coefficient (Wildman–Crippen LogP) is 2.80. The molecule has 0 aliphatic carbocycles. The normalized spacial score (nSPS) is 10.0. The average molecular weight is 342 g/mol. The zero-order valence-corrected chi connectivity index (χ0v) is 14.0. The van der Waals surface area contributed by atoms with Gasteiger partial charge in [-0.15, -0.1) is 0 Å². The molecule has 0 aliphatic rings. The summed E-state index contributed by atoms with van der Waals surface area (Å²) >= 11 is 0. The van der Waals surface area contributed by atoms with Crippen LogP contribution in [0.4, 0.5) is 0 Å². The molecule has 0 aromatic heterocycles. The number of rotatable bonds is 6. The van der Waals surface area contributed by atoms with Crippen LogP contribution in [0.5, 0.6) is 5.75 Å². The van der Waals surface area contributed by atoms with Gasteiger partial charge in [0.2, 0.25) is 0 Å². The van der Waals surface area contributed by atoms with Gasteiger partial charge in [-0.2, -0.15) is 0 Å². The molecular weight excluding hydrogens is 324 g/mol. The number of hydrogen-bond acceptors (Lipinski definition) is 6. The fourth-order valence-electron chi connectivity index (χ4n) is 2.20. The number of hydrogen-bond donors (Lipinski definition) is 0. The number of carbonyl (C=O) groups is 3. The summed E-state index contributed by atoms with van der Waals surface area (Å²) in [7, 11) is 2.44. The number of aryl methyl sites for hydroxylation is 1. The van der Waals surface area contributed by atoms with Crippen LogP contribution in [0.1, 0.15) is 32.7 Å². The Bertz CT molecular complexity index is 732. The molecule has 130 valence electrons. The van der Waals surface area contributed by atoms with Gasteiger partial charge in [0, 0.05) is 6.42 Å². The lowest BCUT2D eigenvalue weighted by molar-refractivity contribution is -0.134. The van der Waals surface area contributed by atoms with Gasteiger partial charge in [0.05, 0.1) is 25.3 Å². The van der Waals surface area contributed by atoms with Gasteiger partial charge in [-0.25, -0.2) is 9.59 Å². The van der Waals surface area contributed by atoms with Crippen molar-refractivity contribution >= 4 is 17.9 Å². The molecule has 0 saturated heterocycles. The summed E-state index contributed by atoms with van der Waals surface area (Å²) < 4.78 is 14.5. The van der Waals surface area contributed by atoms with Gasteiger partial charge in [0.25, 0.3) is 0 Å². The van der Waals surface area contributed by atoms with E-state index in [0.29, 0.717) is 6.42 Å². The molecule has 25 heavy (non-hydrogen) atoms. The van der Waals surface area contributed by atoms with Gasteiger partial charge >= 0.3 is 17.9 Å². The van der Waals surface area contributed by atoms with Gasteiger partial charge in [-0.1, -0.05) is 30.3 Å². The second kappa shape index (κ2) is 8.63. The van der Waals surface area contributed by atoms with Crippen LogP contribution in [0.15, 0.2) is 48.5 Å². The fraction of sp³-hybridized carbons (Fsp3) is 0.211. The van der Waals surface area contributed by atoms with Crippen molar-refractivity contribution < 1.29 is 28.6 Å². The standard InChI is InChI=1S/C19H18O6/c1-23-18(21)14-10-15(19(22)24-2)12-16(11-14)25-17(20)9-8-13-6-4-3-5-7-13/h3-7,10-12H,8-9H2,1-2H3. The predicted molar refractivity (Wildman–Crippen MR) is 89.5 cm³/mol. The zero-order valence-electron chi connectivity index (χ0n) is 14.0. The molecule has 6 heteroatoms. The smallest absolute Gasteiger partial charge is 0.338 e. The van der Waals surface area contributed by atoms with Crippen LogP contribution in [-0.2, 0) is 20.7 Å². The molecule has 6 nitrogen and oxygen atoms in total. The first-order chi connectivity index (χ1) is 12.0. The van der Waals surface area contributed by atoms with E-state index >= 15 is 0 Å². The Kier molecular flexibility index (Phi) is 6.28. The van der Waals surface area contributed by atoms with Crippen LogP contribution in [0.25, 0.3) is 0 Å². The van der Waals surface area contributed by atoms with Crippen molar-refractivity contribution in [1.29, 1.82) is 0 Å². The molecule has 0 heterocycles. The quantitative estimate of drug-likeness (QED) is 0.593. The average Bonchev–Trinajstić information content (AvgIpc) is 2.65. The molecule has 0 fully saturated rings. The Morgan fingerprint density at radius 2 is 1.40 bits per heavy atom. The zero-order chi connectivity index (χ0) is 18.2. The Hall–Kier alpha value is -3.15. The first-order valence-corrected chi connectivity index (χ1v) is 7.60. The molecule has 0 unspecified atom stereocenters. The van der Waals surface area contributed by atoms with E-state index in [1.807, 2.05) is 30.3 Å². The highest BCUT2D eigenvalue weighted by Gasteiger charge is 2.16. The summed E-state index contributed by atoms with van der Waals surface area (Å²) in [6, 6.07) is 13.5. The number of carbonyl (C=O) groups excluding carboxylic acids is 3. The highest BCUT2D eigenvalue weighted by Crippen LogP contribution is 2.20. The minimum Gasteiger partial charge on any atom is -0.465 e. The third-order valence-electron chi connectivity index (χ3n) is 3.44. The SMILES string of the molecule is COC(=O)c1cc(OC(=O)CCc2ccccc2)cc(C(=O)OC)c1. The lowest BCUT2D eigenvalue weighted by Gasteiger charge is -2.09. The maximum Gasteiger partial charge on any atom is 0.338 e. The molecule has 0 aliphatic heterocycles. The molecule has 0 N–H and O–H groups in total. The summed E-state index contributed by atoms with van der Waals surface area (Å²) in [6.45, 7) is 0. The lowest BCUT2D eigenvalue weighted by atomic mass is 10.1. The Balaban J connectivity index is 2.12. The number of esters is 3. The Morgan fingerprint density at radius 3 is 1.92 bits per heavy atom. The number of ether oxygens (including phenoxy) is 3. The second-order valence-electron chi connectivity index (χ2n) is 5.19. The maximum absolute atomic E-state index is 12.0. The maximum atomic E-state index is 12.0. The molecular formula is C19H18O6. The van der Waals surface area contributed by atoms with Gasteiger partial charge < -0.3 is 14.2 Å². The van der Waals surface area contributed by atoms with Crippen molar-refractivity contribution in [1.82, 2.24) is 0 Å². The summed E-state index contributed by atoms with van der Waals surface area (Å²) in [6.07, 6.45) is 0.695. The molecule has 0 spiro atoms. The van der Waals surface area contributed by atoms with Crippen molar-refractivity contribution in [3.05, 3.63) is 65.2 Å². The van der Waals surface area contributed by atoms with E-state index in [0.717, 1.165) is 5.56 Å². The molecule has 0 radical (unpaired) electrons. The van der Waals surface area contributed by atoms with Crippen LogP contribution in [0.3, 0.4) is 0 Å². The van der Waals surface area contributed by atoms with E-state index < -0.39 is 17.9 Å². The van der Waals surface area contributed by atoms with Crippen LogP contribution in [0, 0.1) is 0 Å². The van der Waals surface area contributed by atoms with Crippen molar-refractivity contribution in [2.24, 2.45) is 0 Å². The monoisotopic (exact) mass is 342 g/mol. The summed E-state index contributed by atoms with van der Waals surface area (Å²) in [4.78, 5) is 35.5. The van der Waals surface area contributed by atoms with Gasteiger partial charge in [0.15, 0.2) is 0 Å². The molecule has 2 rings (SSSR count). The highest BCUT2D eigenvalue weighted by molar-refractivity contribution is 5.96. The van der Waals surface area contributed by atoms with Crippen molar-refractivity contribution in [3.8, 4) is 5.75 Å². The third kappa shape index (κ3) is 5.17. The molecule has 2 aromatic rings. The minimum atomic E-state index is -0.646. The first kappa shape index (κ1) is 18.2. The first-order valence-electron chi connectivity index (χ1n) is 7.60. The van der Waals surface area contributed by atoms with Crippen molar-refractivity contribution in [2.45, 2.75) is 12.8 Å². The van der Waals surface area contributed by atoms with Crippen LogP contribution < -0.4 is 4.74 Å². The summed E-state index contributed by atoms with van der Waals surface area (Å²) in [5.74, 6) is -1.68. The van der Waals surface area contributed by atoms with E-state index in [-0.39, 0.29) is 23.3 Å². The van der Waals surface area contributed by atoms with Crippen LogP contribution >= 0.6 is 0 Å². The Morgan fingerprint density at radius 1 is 0.840 bits per heavy atom. The summed E-state index contributed by atoms with van der Waals surface area (Å²) in [5, 5.41) is 0. The van der Waals surface area contributed by atoms with Crippen LogP contribution in [0.2, 0.25) is 0 Å². The molecule has 0 saturated carbocycles. The lowest BCUT2D eigenvalue weighted by Crippen LogP contribution is -2.12. The second-order valence-corrected chi connectivity index (χ2v) is 5.19. The van der Waals surface area contributed by atoms with Gasteiger partial charge in [-0.05, 0) is 30.2 Å². The van der Waals surface area contributed by atoms with Crippen molar-refractivity contribution in [2.75, 3.05) is 14.2 Å². The number of methoxy groups -OCH3 is 2. The minimum absolute atomic E-state index is 0.0846. The molecule has 2 aromatic carbocycles. The fourth-order valence-corrected chi connectivity index (χ4v) is 2.20. The van der Waals surface area contributed by atoms with Gasteiger partial charge in [0.1, 0.15) is 5.75 Å². The number of benzene rings is 2. The van der Waals surface area contributed by atoms with E-state index in [2.05, 4.69) is 9.47 Å². The van der Waals surface area contributed by atoms with E-state index in [1.165, 1.54) is 32.4 Å². The highest BCUT2D eigenvalue weighted by atomic mass is 16.5. The molecule has 0 bridgehead atoms. The van der Waals surface area contributed by atoms with E-state index in [4.69, 9.17) is 4.74 Å². The van der Waals surface area contributed by atoms with Gasteiger partial charge in [-0.3, -0.25) is 4.79 Å².